The first-order valence-electron chi connectivity index (χ1n) is 5.49. The summed E-state index contributed by atoms with van der Waals surface area (Å²) in [5.74, 6) is 0.0266. The molecule has 0 aromatic heterocycles. The van der Waals surface area contributed by atoms with Gasteiger partial charge in [-0.05, 0) is 17.8 Å². The van der Waals surface area contributed by atoms with Gasteiger partial charge >= 0.3 is 0 Å². The van der Waals surface area contributed by atoms with E-state index in [1.165, 1.54) is 0 Å². The zero-order chi connectivity index (χ0) is 12.3. The van der Waals surface area contributed by atoms with Crippen molar-refractivity contribution in [3.8, 4) is 0 Å². The molecule has 88 valence electrons. The fraction of sp³-hybridized carbons (Fsp3) is 0.231. The summed E-state index contributed by atoms with van der Waals surface area (Å²) >= 11 is 5.12. The molecule has 1 aromatic carbocycles. The van der Waals surface area contributed by atoms with Crippen LogP contribution < -0.4 is 5.32 Å². The van der Waals surface area contributed by atoms with Crippen LogP contribution in [0.15, 0.2) is 43.0 Å². The SMILES string of the molecule is C=CCN1C(=O)C(Cc2ccccc2)NC1=S. The molecule has 0 bridgehead atoms. The molecule has 1 aromatic rings. The van der Waals surface area contributed by atoms with E-state index in [2.05, 4.69) is 11.9 Å². The van der Waals surface area contributed by atoms with Crippen LogP contribution in [0.4, 0.5) is 0 Å². The van der Waals surface area contributed by atoms with Crippen molar-refractivity contribution in [2.45, 2.75) is 12.5 Å². The van der Waals surface area contributed by atoms with Crippen LogP contribution in [0, 0.1) is 0 Å². The van der Waals surface area contributed by atoms with E-state index in [1.54, 1.807) is 11.0 Å². The maximum atomic E-state index is 12.0. The van der Waals surface area contributed by atoms with E-state index in [4.69, 9.17) is 12.2 Å². The maximum Gasteiger partial charge on any atom is 0.251 e. The highest BCUT2D eigenvalue weighted by atomic mass is 32.1. The Morgan fingerprint density at radius 3 is 2.76 bits per heavy atom. The summed E-state index contributed by atoms with van der Waals surface area (Å²) < 4.78 is 0. The van der Waals surface area contributed by atoms with Crippen molar-refractivity contribution >= 4 is 23.2 Å². The Hall–Kier alpha value is -1.68. The second kappa shape index (κ2) is 5.10. The average Bonchev–Trinajstić information content (AvgIpc) is 2.59. The van der Waals surface area contributed by atoms with Crippen LogP contribution in [0.3, 0.4) is 0 Å². The molecule has 3 nitrogen and oxygen atoms in total. The first-order chi connectivity index (χ1) is 8.22. The fourth-order valence-corrected chi connectivity index (χ4v) is 2.17. The van der Waals surface area contributed by atoms with Gasteiger partial charge in [-0.25, -0.2) is 0 Å². The third-order valence-electron chi connectivity index (χ3n) is 2.70. The van der Waals surface area contributed by atoms with E-state index in [0.717, 1.165) is 5.56 Å². The first-order valence-corrected chi connectivity index (χ1v) is 5.90. The molecule has 0 radical (unpaired) electrons. The molecule has 1 atom stereocenters. The van der Waals surface area contributed by atoms with Gasteiger partial charge in [0, 0.05) is 13.0 Å². The third-order valence-corrected chi connectivity index (χ3v) is 3.04. The minimum Gasteiger partial charge on any atom is -0.350 e. The number of nitrogens with zero attached hydrogens (tertiary/aromatic N) is 1. The van der Waals surface area contributed by atoms with Gasteiger partial charge in [0.2, 0.25) is 0 Å². The van der Waals surface area contributed by atoms with Crippen molar-refractivity contribution in [3.63, 3.8) is 0 Å². The van der Waals surface area contributed by atoms with E-state index in [0.29, 0.717) is 18.1 Å². The van der Waals surface area contributed by atoms with E-state index >= 15 is 0 Å². The second-order valence-electron chi connectivity index (χ2n) is 3.93. The average molecular weight is 246 g/mol. The van der Waals surface area contributed by atoms with Gasteiger partial charge in [-0.15, -0.1) is 6.58 Å². The van der Waals surface area contributed by atoms with E-state index in [9.17, 15) is 4.79 Å². The van der Waals surface area contributed by atoms with Crippen LogP contribution in [0.5, 0.6) is 0 Å². The minimum atomic E-state index is -0.246. The zero-order valence-corrected chi connectivity index (χ0v) is 10.2. The van der Waals surface area contributed by atoms with Crippen LogP contribution >= 0.6 is 12.2 Å². The molecule has 1 amide bonds. The summed E-state index contributed by atoms with van der Waals surface area (Å²) in [7, 11) is 0. The van der Waals surface area contributed by atoms with Crippen molar-refractivity contribution in [2.75, 3.05) is 6.54 Å². The summed E-state index contributed by atoms with van der Waals surface area (Å²) in [6.45, 7) is 4.09. The van der Waals surface area contributed by atoms with Crippen molar-refractivity contribution in [3.05, 3.63) is 48.6 Å². The maximum absolute atomic E-state index is 12.0. The first kappa shape index (κ1) is 11.8. The van der Waals surface area contributed by atoms with Gasteiger partial charge < -0.3 is 5.32 Å². The lowest BCUT2D eigenvalue weighted by atomic mass is 10.1. The summed E-state index contributed by atoms with van der Waals surface area (Å²) in [5, 5.41) is 3.54. The number of hydrogen-bond donors (Lipinski definition) is 1. The van der Waals surface area contributed by atoms with Crippen molar-refractivity contribution in [2.24, 2.45) is 0 Å². The molecular formula is C13H14N2OS. The van der Waals surface area contributed by atoms with Gasteiger partial charge in [-0.3, -0.25) is 9.69 Å². The standard InChI is InChI=1S/C13H14N2OS/c1-2-8-15-12(16)11(14-13(15)17)9-10-6-4-3-5-7-10/h2-7,11H,1,8-9H2,(H,14,17). The Bertz CT molecular complexity index is 444. The van der Waals surface area contributed by atoms with E-state index in [1.807, 2.05) is 30.3 Å². The molecule has 4 heteroatoms. The monoisotopic (exact) mass is 246 g/mol. The number of thiocarbonyl (C=S) groups is 1. The number of carbonyl (C=O) groups excluding carboxylic acids is 1. The second-order valence-corrected chi connectivity index (χ2v) is 4.32. The van der Waals surface area contributed by atoms with Gasteiger partial charge in [-0.1, -0.05) is 36.4 Å². The third kappa shape index (κ3) is 2.53. The largest absolute Gasteiger partial charge is 0.350 e. The lowest BCUT2D eigenvalue weighted by Crippen LogP contribution is -2.32. The summed E-state index contributed by atoms with van der Waals surface area (Å²) in [5.41, 5.74) is 1.13. The van der Waals surface area contributed by atoms with Gasteiger partial charge in [0.15, 0.2) is 5.11 Å². The topological polar surface area (TPSA) is 32.3 Å². The van der Waals surface area contributed by atoms with Gasteiger partial charge in [0.25, 0.3) is 5.91 Å². The highest BCUT2D eigenvalue weighted by Gasteiger charge is 2.34. The molecule has 0 aliphatic carbocycles. The molecule has 1 aliphatic rings. The van der Waals surface area contributed by atoms with E-state index < -0.39 is 0 Å². The molecule has 17 heavy (non-hydrogen) atoms. The molecule has 1 saturated heterocycles. The lowest BCUT2D eigenvalue weighted by molar-refractivity contribution is -0.126. The summed E-state index contributed by atoms with van der Waals surface area (Å²) in [6.07, 6.45) is 2.34. The Morgan fingerprint density at radius 1 is 1.41 bits per heavy atom. The van der Waals surface area contributed by atoms with Gasteiger partial charge in [0.1, 0.15) is 6.04 Å². The smallest absolute Gasteiger partial charge is 0.251 e. The normalized spacial score (nSPS) is 19.3. The van der Waals surface area contributed by atoms with Crippen molar-refractivity contribution in [1.29, 1.82) is 0 Å². The number of hydrogen-bond acceptors (Lipinski definition) is 2. The zero-order valence-electron chi connectivity index (χ0n) is 9.43. The number of rotatable bonds is 4. The minimum absolute atomic E-state index is 0.0266. The number of amides is 1. The number of nitrogens with one attached hydrogen (secondary N) is 1. The van der Waals surface area contributed by atoms with Crippen molar-refractivity contribution < 1.29 is 4.79 Å². The number of carbonyl (C=O) groups is 1. The van der Waals surface area contributed by atoms with Gasteiger partial charge in [-0.2, -0.15) is 0 Å². The molecule has 0 spiro atoms. The molecule has 0 saturated carbocycles. The van der Waals surface area contributed by atoms with Crippen LogP contribution in [0.1, 0.15) is 5.56 Å². The molecular weight excluding hydrogens is 232 g/mol. The van der Waals surface area contributed by atoms with Crippen molar-refractivity contribution in [1.82, 2.24) is 10.2 Å². The Morgan fingerprint density at radius 2 is 2.12 bits per heavy atom. The highest BCUT2D eigenvalue weighted by molar-refractivity contribution is 7.80. The molecule has 1 fully saturated rings. The molecule has 1 N–H and O–H groups in total. The molecule has 2 rings (SSSR count). The van der Waals surface area contributed by atoms with Crippen LogP contribution in [-0.2, 0) is 11.2 Å². The Kier molecular flexibility index (Phi) is 3.54. The predicted molar refractivity (Wildman–Crippen MR) is 71.6 cm³/mol. The number of benzene rings is 1. The fourth-order valence-electron chi connectivity index (χ4n) is 1.87. The molecule has 1 unspecified atom stereocenters. The summed E-state index contributed by atoms with van der Waals surface area (Å²) in [6, 6.07) is 9.66. The Labute approximate surface area is 106 Å². The van der Waals surface area contributed by atoms with Gasteiger partial charge in [0.05, 0.1) is 0 Å². The highest BCUT2D eigenvalue weighted by Crippen LogP contribution is 2.12. The van der Waals surface area contributed by atoms with E-state index in [-0.39, 0.29) is 11.9 Å². The van der Waals surface area contributed by atoms with Crippen LogP contribution in [0.25, 0.3) is 0 Å². The lowest BCUT2D eigenvalue weighted by Gasteiger charge is -2.11. The Balaban J connectivity index is 2.07. The summed E-state index contributed by atoms with van der Waals surface area (Å²) in [4.78, 5) is 13.6. The van der Waals surface area contributed by atoms with Crippen LogP contribution in [0.2, 0.25) is 0 Å². The quantitative estimate of drug-likeness (QED) is 0.645. The predicted octanol–water partition coefficient (Wildman–Crippen LogP) is 1.50. The molecule has 1 heterocycles. The van der Waals surface area contributed by atoms with Crippen LogP contribution in [-0.4, -0.2) is 28.5 Å². The molecule has 1 aliphatic heterocycles.